The number of methoxy groups -OCH3 is 1. The first-order chi connectivity index (χ1) is 16.5. The highest BCUT2D eigenvalue weighted by Crippen LogP contribution is 2.31. The van der Waals surface area contributed by atoms with E-state index in [2.05, 4.69) is 20.9 Å². The first kappa shape index (κ1) is 23.3. The quantitative estimate of drug-likeness (QED) is 0.234. The molecule has 0 fully saturated rings. The van der Waals surface area contributed by atoms with E-state index in [0.717, 1.165) is 4.47 Å². The van der Waals surface area contributed by atoms with Crippen molar-refractivity contribution >= 4 is 39.8 Å². The van der Waals surface area contributed by atoms with E-state index < -0.39 is 11.9 Å². The molecular formula is C26H20BrNO6. The smallest absolute Gasteiger partial charge is 0.363 e. The van der Waals surface area contributed by atoms with Crippen LogP contribution in [-0.2, 0) is 9.53 Å². The Hall–Kier alpha value is -3.91. The zero-order valence-electron chi connectivity index (χ0n) is 18.4. The molecule has 1 aliphatic heterocycles. The second kappa shape index (κ2) is 10.4. The third-order valence-electron chi connectivity index (χ3n) is 4.79. The van der Waals surface area contributed by atoms with Gasteiger partial charge in [-0.15, -0.1) is 0 Å². The number of carbonyl (C=O) groups excluding carboxylic acids is 2. The first-order valence-corrected chi connectivity index (χ1v) is 11.2. The van der Waals surface area contributed by atoms with Crippen molar-refractivity contribution in [3.05, 3.63) is 93.6 Å². The minimum absolute atomic E-state index is 0.154. The molecule has 4 rings (SSSR count). The fourth-order valence-corrected chi connectivity index (χ4v) is 3.42. The van der Waals surface area contributed by atoms with Gasteiger partial charge in [-0.3, -0.25) is 0 Å². The summed E-state index contributed by atoms with van der Waals surface area (Å²) >= 11 is 3.37. The van der Waals surface area contributed by atoms with Crippen LogP contribution >= 0.6 is 15.9 Å². The zero-order valence-corrected chi connectivity index (χ0v) is 20.0. The number of rotatable bonds is 7. The van der Waals surface area contributed by atoms with Gasteiger partial charge in [0.25, 0.3) is 0 Å². The molecule has 3 aromatic rings. The van der Waals surface area contributed by atoms with Crippen LogP contribution in [0.4, 0.5) is 0 Å². The van der Waals surface area contributed by atoms with Gasteiger partial charge < -0.3 is 18.9 Å². The van der Waals surface area contributed by atoms with E-state index in [-0.39, 0.29) is 17.3 Å². The summed E-state index contributed by atoms with van der Waals surface area (Å²) in [6.07, 6.45) is 1.59. The second-order valence-corrected chi connectivity index (χ2v) is 8.02. The van der Waals surface area contributed by atoms with Gasteiger partial charge in [-0.25, -0.2) is 14.6 Å². The summed E-state index contributed by atoms with van der Waals surface area (Å²) in [6.45, 7) is 2.18. The lowest BCUT2D eigenvalue weighted by molar-refractivity contribution is -0.129. The predicted octanol–water partition coefficient (Wildman–Crippen LogP) is 5.42. The van der Waals surface area contributed by atoms with Crippen LogP contribution in [0.2, 0.25) is 0 Å². The number of hydrogen-bond acceptors (Lipinski definition) is 7. The lowest BCUT2D eigenvalue weighted by atomic mass is 10.1. The van der Waals surface area contributed by atoms with Gasteiger partial charge in [0.2, 0.25) is 5.90 Å². The van der Waals surface area contributed by atoms with Crippen molar-refractivity contribution in [2.24, 2.45) is 4.99 Å². The van der Waals surface area contributed by atoms with Crippen molar-refractivity contribution in [2.75, 3.05) is 13.7 Å². The summed E-state index contributed by atoms with van der Waals surface area (Å²) in [6, 6.07) is 18.9. The van der Waals surface area contributed by atoms with Crippen molar-refractivity contribution < 1.29 is 28.5 Å². The second-order valence-electron chi connectivity index (χ2n) is 7.10. The molecule has 34 heavy (non-hydrogen) atoms. The Labute approximate surface area is 204 Å². The third kappa shape index (κ3) is 5.35. The van der Waals surface area contributed by atoms with Crippen molar-refractivity contribution in [1.82, 2.24) is 0 Å². The minimum Gasteiger partial charge on any atom is -0.497 e. The number of ether oxygens (including phenoxy) is 4. The van der Waals surface area contributed by atoms with E-state index in [1.165, 1.54) is 7.11 Å². The fourth-order valence-electron chi connectivity index (χ4n) is 3.16. The number of benzene rings is 3. The molecule has 7 nitrogen and oxygen atoms in total. The Bertz CT molecular complexity index is 1300. The molecule has 1 aliphatic rings. The molecule has 1 heterocycles. The van der Waals surface area contributed by atoms with Crippen molar-refractivity contribution in [2.45, 2.75) is 6.92 Å². The largest absolute Gasteiger partial charge is 0.497 e. The summed E-state index contributed by atoms with van der Waals surface area (Å²) in [5.41, 5.74) is 1.82. The maximum atomic E-state index is 12.6. The summed E-state index contributed by atoms with van der Waals surface area (Å²) < 4.78 is 22.6. The monoisotopic (exact) mass is 521 g/mol. The zero-order chi connectivity index (χ0) is 24.1. The molecule has 3 aromatic carbocycles. The highest BCUT2D eigenvalue weighted by Gasteiger charge is 2.24. The molecule has 0 atom stereocenters. The lowest BCUT2D eigenvalue weighted by Gasteiger charge is -2.12. The maximum absolute atomic E-state index is 12.6. The molecule has 0 bridgehead atoms. The number of carbonyl (C=O) groups is 2. The molecule has 0 amide bonds. The molecule has 0 saturated carbocycles. The molecule has 8 heteroatoms. The Kier molecular flexibility index (Phi) is 7.08. The molecule has 172 valence electrons. The molecule has 0 spiro atoms. The van der Waals surface area contributed by atoms with Crippen molar-refractivity contribution in [3.63, 3.8) is 0 Å². The standard InChI is InChI=1S/C26H20BrNO6/c1-3-32-23-14-16(7-12-22(23)33-25(29)18-5-4-6-20(15-18)31-2)13-21-26(30)34-24(28-21)17-8-10-19(27)11-9-17/h4-15H,3H2,1-2H3. The van der Waals surface area contributed by atoms with Gasteiger partial charge in [0, 0.05) is 10.0 Å². The van der Waals surface area contributed by atoms with Gasteiger partial charge in [-0.05, 0) is 73.2 Å². The SMILES string of the molecule is CCOc1cc(C=C2N=C(c3ccc(Br)cc3)OC2=O)ccc1OC(=O)c1cccc(OC)c1. The molecule has 0 saturated heterocycles. The van der Waals surface area contributed by atoms with E-state index in [9.17, 15) is 9.59 Å². The Morgan fingerprint density at radius 1 is 1.06 bits per heavy atom. The van der Waals surface area contributed by atoms with Gasteiger partial charge >= 0.3 is 11.9 Å². The van der Waals surface area contributed by atoms with Crippen molar-refractivity contribution in [1.29, 1.82) is 0 Å². The van der Waals surface area contributed by atoms with Gasteiger partial charge in [0.1, 0.15) is 5.75 Å². The number of cyclic esters (lactones) is 1. The average molecular weight is 522 g/mol. The summed E-state index contributed by atoms with van der Waals surface area (Å²) in [5, 5.41) is 0. The molecule has 0 radical (unpaired) electrons. The topological polar surface area (TPSA) is 83.4 Å². The predicted molar refractivity (Wildman–Crippen MR) is 130 cm³/mol. The van der Waals surface area contributed by atoms with Gasteiger partial charge in [-0.2, -0.15) is 0 Å². The Balaban J connectivity index is 1.58. The van der Waals surface area contributed by atoms with E-state index in [4.69, 9.17) is 18.9 Å². The first-order valence-electron chi connectivity index (χ1n) is 10.4. The van der Waals surface area contributed by atoms with Crippen LogP contribution in [0.15, 0.2) is 81.9 Å². The average Bonchev–Trinajstić information content (AvgIpc) is 3.21. The number of aliphatic imine (C=N–C) groups is 1. The third-order valence-corrected chi connectivity index (χ3v) is 5.32. The van der Waals surface area contributed by atoms with Crippen LogP contribution in [0.3, 0.4) is 0 Å². The molecule has 0 N–H and O–H groups in total. The van der Waals surface area contributed by atoms with Crippen LogP contribution in [0.25, 0.3) is 6.08 Å². The highest BCUT2D eigenvalue weighted by atomic mass is 79.9. The molecular weight excluding hydrogens is 502 g/mol. The van der Waals surface area contributed by atoms with E-state index in [0.29, 0.717) is 34.8 Å². The van der Waals surface area contributed by atoms with Crippen LogP contribution in [0, 0.1) is 0 Å². The maximum Gasteiger partial charge on any atom is 0.363 e. The lowest BCUT2D eigenvalue weighted by Crippen LogP contribution is -2.10. The van der Waals surface area contributed by atoms with Crippen molar-refractivity contribution in [3.8, 4) is 17.2 Å². The minimum atomic E-state index is -0.551. The van der Waals surface area contributed by atoms with E-state index >= 15 is 0 Å². The normalized spacial score (nSPS) is 13.9. The highest BCUT2D eigenvalue weighted by molar-refractivity contribution is 9.10. The number of hydrogen-bond donors (Lipinski definition) is 0. The molecule has 0 aliphatic carbocycles. The summed E-state index contributed by atoms with van der Waals surface area (Å²) in [4.78, 5) is 29.3. The van der Waals surface area contributed by atoms with Gasteiger partial charge in [0.15, 0.2) is 17.2 Å². The summed E-state index contributed by atoms with van der Waals surface area (Å²) in [5.74, 6) is 0.297. The van der Waals surface area contributed by atoms with Crippen LogP contribution in [-0.4, -0.2) is 31.6 Å². The fraction of sp³-hybridized carbons (Fsp3) is 0.115. The summed E-state index contributed by atoms with van der Waals surface area (Å²) in [7, 11) is 1.52. The number of nitrogens with zero attached hydrogens (tertiary/aromatic N) is 1. The Morgan fingerprint density at radius 3 is 2.59 bits per heavy atom. The van der Waals surface area contributed by atoms with Gasteiger partial charge in [0.05, 0.1) is 19.3 Å². The van der Waals surface area contributed by atoms with Crippen LogP contribution in [0.1, 0.15) is 28.4 Å². The van der Waals surface area contributed by atoms with Crippen LogP contribution < -0.4 is 14.2 Å². The molecule has 0 unspecified atom stereocenters. The number of esters is 2. The molecule has 0 aromatic heterocycles. The van der Waals surface area contributed by atoms with E-state index in [1.54, 1.807) is 60.7 Å². The van der Waals surface area contributed by atoms with Crippen LogP contribution in [0.5, 0.6) is 17.2 Å². The Morgan fingerprint density at radius 2 is 1.85 bits per heavy atom. The van der Waals surface area contributed by atoms with Gasteiger partial charge in [-0.1, -0.05) is 28.1 Å². The number of halogens is 1. The van der Waals surface area contributed by atoms with E-state index in [1.807, 2.05) is 19.1 Å².